The van der Waals surface area contributed by atoms with E-state index in [2.05, 4.69) is 20.6 Å². The molecule has 0 unspecified atom stereocenters. The lowest BCUT2D eigenvalue weighted by Gasteiger charge is -2.25. The summed E-state index contributed by atoms with van der Waals surface area (Å²) in [7, 11) is 0. The fourth-order valence-electron chi connectivity index (χ4n) is 2.77. The van der Waals surface area contributed by atoms with Gasteiger partial charge in [0.1, 0.15) is 11.9 Å². The van der Waals surface area contributed by atoms with Gasteiger partial charge in [-0.3, -0.25) is 9.59 Å². The van der Waals surface area contributed by atoms with E-state index in [1.54, 1.807) is 0 Å². The van der Waals surface area contributed by atoms with Gasteiger partial charge in [-0.05, 0) is 25.2 Å². The number of aromatic hydroxyl groups is 1. The minimum absolute atomic E-state index is 0.0257. The van der Waals surface area contributed by atoms with Crippen LogP contribution >= 0.6 is 0 Å². The highest BCUT2D eigenvalue weighted by Gasteiger charge is 2.25. The molecule has 11 nitrogen and oxygen atoms in total. The molecule has 1 aliphatic heterocycles. The molecular formula is C15H22N6O5. The van der Waals surface area contributed by atoms with Crippen molar-refractivity contribution < 1.29 is 24.6 Å². The van der Waals surface area contributed by atoms with Gasteiger partial charge in [0.05, 0.1) is 5.56 Å². The molecule has 1 aliphatic rings. The highest BCUT2D eigenvalue weighted by molar-refractivity contribution is 5.84. The van der Waals surface area contributed by atoms with Gasteiger partial charge in [0, 0.05) is 19.4 Å². The Morgan fingerprint density at radius 3 is 2.69 bits per heavy atom. The second-order valence-electron chi connectivity index (χ2n) is 6.19. The molecule has 142 valence electrons. The zero-order valence-corrected chi connectivity index (χ0v) is 14.1. The van der Waals surface area contributed by atoms with Crippen molar-refractivity contribution in [3.8, 4) is 5.88 Å². The summed E-state index contributed by atoms with van der Waals surface area (Å²) in [6.07, 6.45) is 0.888. The predicted octanol–water partition coefficient (Wildman–Crippen LogP) is -1.04. The summed E-state index contributed by atoms with van der Waals surface area (Å²) in [6, 6.07) is -1.15. The maximum atomic E-state index is 12.0. The molecule has 0 aromatic carbocycles. The lowest BCUT2D eigenvalue weighted by Crippen LogP contribution is -2.41. The summed E-state index contributed by atoms with van der Waals surface area (Å²) < 4.78 is 0. The Labute approximate surface area is 149 Å². The van der Waals surface area contributed by atoms with Crippen LogP contribution in [0, 0.1) is 5.92 Å². The number of aromatic nitrogens is 2. The quantitative estimate of drug-likeness (QED) is 0.333. The molecular weight excluding hydrogens is 344 g/mol. The molecule has 0 fully saturated rings. The van der Waals surface area contributed by atoms with Crippen LogP contribution in [0.25, 0.3) is 0 Å². The molecule has 0 radical (unpaired) electrons. The number of anilines is 2. The standard InChI is InChI=1S/C15H22N6O5/c16-10(22)3-2-9(14(25)26)19-11(23)4-1-7-5-8-12(18-6-7)20-15(17)21-13(8)24/h7,9H,1-6H2,(H2,16,22)(H,19,23)(H,25,26)(H4,17,18,20,21,24)/t7-,9+/m1/s1. The van der Waals surface area contributed by atoms with Gasteiger partial charge in [0.25, 0.3) is 0 Å². The van der Waals surface area contributed by atoms with Crippen molar-refractivity contribution in [1.82, 2.24) is 15.3 Å². The van der Waals surface area contributed by atoms with E-state index in [9.17, 15) is 19.5 Å². The minimum Gasteiger partial charge on any atom is -0.493 e. The Bertz CT molecular complexity index is 710. The molecule has 0 bridgehead atoms. The van der Waals surface area contributed by atoms with Gasteiger partial charge < -0.3 is 32.3 Å². The third-order valence-electron chi connectivity index (χ3n) is 4.15. The molecule has 11 heteroatoms. The monoisotopic (exact) mass is 366 g/mol. The number of carbonyl (C=O) groups is 3. The first kappa shape index (κ1) is 19.2. The van der Waals surface area contributed by atoms with Crippen molar-refractivity contribution in [2.24, 2.45) is 11.7 Å². The zero-order valence-electron chi connectivity index (χ0n) is 14.1. The number of carbonyl (C=O) groups excluding carboxylic acids is 2. The first-order valence-electron chi connectivity index (χ1n) is 8.16. The molecule has 0 saturated carbocycles. The van der Waals surface area contributed by atoms with Crippen LogP contribution in [0.3, 0.4) is 0 Å². The second-order valence-corrected chi connectivity index (χ2v) is 6.19. The van der Waals surface area contributed by atoms with E-state index in [0.717, 1.165) is 0 Å². The van der Waals surface area contributed by atoms with Crippen LogP contribution in [-0.4, -0.2) is 50.6 Å². The summed E-state index contributed by atoms with van der Waals surface area (Å²) in [5.41, 5.74) is 11.0. The number of nitrogens with two attached hydrogens (primary N) is 2. The van der Waals surface area contributed by atoms with Crippen LogP contribution < -0.4 is 22.1 Å². The maximum absolute atomic E-state index is 12.0. The van der Waals surface area contributed by atoms with E-state index in [1.807, 2.05) is 0 Å². The number of hydrogen-bond acceptors (Lipinski definition) is 8. The van der Waals surface area contributed by atoms with Crippen LogP contribution in [0.15, 0.2) is 0 Å². The maximum Gasteiger partial charge on any atom is 0.326 e. The Balaban J connectivity index is 1.85. The SMILES string of the molecule is NC(=O)CC[C@H](NC(=O)CC[C@H]1CNc2nc(N)nc(O)c2C1)C(=O)O. The van der Waals surface area contributed by atoms with Crippen LogP contribution in [0.5, 0.6) is 5.88 Å². The van der Waals surface area contributed by atoms with Crippen molar-refractivity contribution >= 4 is 29.5 Å². The third kappa shape index (κ3) is 5.19. The number of nitrogens with zero attached hydrogens (tertiary/aromatic N) is 2. The number of aliphatic carboxylic acids is 1. The molecule has 2 amide bonds. The van der Waals surface area contributed by atoms with Gasteiger partial charge in [-0.15, -0.1) is 0 Å². The minimum atomic E-state index is -1.22. The molecule has 2 atom stereocenters. The summed E-state index contributed by atoms with van der Waals surface area (Å²) in [4.78, 5) is 41.6. The molecule has 26 heavy (non-hydrogen) atoms. The van der Waals surface area contributed by atoms with Crippen LogP contribution in [0.4, 0.5) is 11.8 Å². The average molecular weight is 366 g/mol. The number of carboxylic acid groups (broad SMARTS) is 1. The highest BCUT2D eigenvalue weighted by Crippen LogP contribution is 2.31. The fourth-order valence-corrected chi connectivity index (χ4v) is 2.77. The lowest BCUT2D eigenvalue weighted by molar-refractivity contribution is -0.142. The first-order chi connectivity index (χ1) is 12.3. The summed E-state index contributed by atoms with van der Waals surface area (Å²) in [6.45, 7) is 0.542. The van der Waals surface area contributed by atoms with Gasteiger partial charge in [-0.1, -0.05) is 0 Å². The molecule has 1 aromatic heterocycles. The van der Waals surface area contributed by atoms with Gasteiger partial charge in [0.2, 0.25) is 23.6 Å². The van der Waals surface area contributed by atoms with Crippen molar-refractivity contribution in [2.45, 2.75) is 38.1 Å². The fraction of sp³-hybridized carbons (Fsp3) is 0.533. The number of carboxylic acids is 1. The summed E-state index contributed by atoms with van der Waals surface area (Å²) in [5, 5.41) is 24.4. The smallest absolute Gasteiger partial charge is 0.326 e. The largest absolute Gasteiger partial charge is 0.493 e. The number of amides is 2. The number of nitrogen functional groups attached to an aromatic ring is 1. The van der Waals surface area contributed by atoms with Gasteiger partial charge >= 0.3 is 5.97 Å². The number of hydrogen-bond donors (Lipinski definition) is 6. The van der Waals surface area contributed by atoms with E-state index in [1.165, 1.54) is 0 Å². The van der Waals surface area contributed by atoms with E-state index < -0.39 is 23.8 Å². The first-order valence-corrected chi connectivity index (χ1v) is 8.16. The number of fused-ring (bicyclic) bond motifs is 1. The van der Waals surface area contributed by atoms with Crippen molar-refractivity contribution in [3.63, 3.8) is 0 Å². The zero-order chi connectivity index (χ0) is 19.3. The highest BCUT2D eigenvalue weighted by atomic mass is 16.4. The van der Waals surface area contributed by atoms with E-state index in [4.69, 9.17) is 16.6 Å². The molecule has 2 heterocycles. The molecule has 0 saturated heterocycles. The number of primary amides is 1. The van der Waals surface area contributed by atoms with Crippen LogP contribution in [-0.2, 0) is 20.8 Å². The molecule has 8 N–H and O–H groups in total. The topological polar surface area (TPSA) is 194 Å². The normalized spacial score (nSPS) is 16.8. The molecule has 2 rings (SSSR count). The van der Waals surface area contributed by atoms with Crippen molar-refractivity contribution in [2.75, 3.05) is 17.6 Å². The van der Waals surface area contributed by atoms with Crippen molar-refractivity contribution in [1.29, 1.82) is 0 Å². The Kier molecular flexibility index (Phi) is 6.15. The van der Waals surface area contributed by atoms with Crippen molar-refractivity contribution in [3.05, 3.63) is 5.56 Å². The Morgan fingerprint density at radius 2 is 2.04 bits per heavy atom. The number of nitrogens with one attached hydrogen (secondary N) is 2. The van der Waals surface area contributed by atoms with E-state index >= 15 is 0 Å². The van der Waals surface area contributed by atoms with Crippen LogP contribution in [0.1, 0.15) is 31.2 Å². The second kappa shape index (κ2) is 8.32. The third-order valence-corrected chi connectivity index (χ3v) is 4.15. The Morgan fingerprint density at radius 1 is 1.31 bits per heavy atom. The van der Waals surface area contributed by atoms with E-state index in [-0.39, 0.29) is 37.0 Å². The van der Waals surface area contributed by atoms with Gasteiger partial charge in [0.15, 0.2) is 0 Å². The van der Waals surface area contributed by atoms with E-state index in [0.29, 0.717) is 30.8 Å². The lowest BCUT2D eigenvalue weighted by atomic mass is 9.92. The average Bonchev–Trinajstić information content (AvgIpc) is 2.56. The van der Waals surface area contributed by atoms with Gasteiger partial charge in [-0.2, -0.15) is 9.97 Å². The molecule has 0 spiro atoms. The summed E-state index contributed by atoms with van der Waals surface area (Å²) in [5.74, 6) is -1.96. The number of rotatable bonds is 8. The Hall–Kier alpha value is -3.11. The van der Waals surface area contributed by atoms with Gasteiger partial charge in [-0.25, -0.2) is 4.79 Å². The molecule has 1 aromatic rings. The predicted molar refractivity (Wildman–Crippen MR) is 91.0 cm³/mol. The van der Waals surface area contributed by atoms with Crippen LogP contribution in [0.2, 0.25) is 0 Å². The molecule has 0 aliphatic carbocycles. The summed E-state index contributed by atoms with van der Waals surface area (Å²) >= 11 is 0.